The predicted octanol–water partition coefficient (Wildman–Crippen LogP) is 1.46. The van der Waals surface area contributed by atoms with Crippen LogP contribution in [0.2, 0.25) is 0 Å². The lowest BCUT2D eigenvalue weighted by Gasteiger charge is -2.25. The Morgan fingerprint density at radius 3 is 2.35 bits per heavy atom. The summed E-state index contributed by atoms with van der Waals surface area (Å²) in [5.41, 5.74) is 5.60. The number of oxime groups is 1. The fourth-order valence-corrected chi connectivity index (χ4v) is 2.09. The molecule has 0 aliphatic rings. The number of thioether (sulfide) groups is 1. The van der Waals surface area contributed by atoms with Crippen molar-refractivity contribution in [3.63, 3.8) is 0 Å². The summed E-state index contributed by atoms with van der Waals surface area (Å²) in [6, 6.07) is 0. The lowest BCUT2D eigenvalue weighted by Crippen LogP contribution is -2.29. The molecule has 98 valence electrons. The largest absolute Gasteiger partial charge is 0.409 e. The zero-order chi connectivity index (χ0) is 13.6. The van der Waals surface area contributed by atoms with Crippen LogP contribution in [0.15, 0.2) is 22.3 Å². The highest BCUT2D eigenvalue weighted by Crippen LogP contribution is 2.24. The van der Waals surface area contributed by atoms with Gasteiger partial charge in [-0.15, -0.1) is 11.8 Å². The zero-order valence-electron chi connectivity index (χ0n) is 10.8. The zero-order valence-corrected chi connectivity index (χ0v) is 11.6. The van der Waals surface area contributed by atoms with Crippen LogP contribution in [-0.4, -0.2) is 40.1 Å². The van der Waals surface area contributed by atoms with Crippen LogP contribution in [0.1, 0.15) is 20.8 Å². The highest BCUT2D eigenvalue weighted by Gasteiger charge is 2.23. The molecule has 1 unspecified atom stereocenters. The summed E-state index contributed by atoms with van der Waals surface area (Å²) in [5, 5.41) is 21.9. The molecule has 4 N–H and O–H groups in total. The maximum atomic E-state index is 9.89. The molecule has 17 heavy (non-hydrogen) atoms. The lowest BCUT2D eigenvalue weighted by atomic mass is 9.90. The van der Waals surface area contributed by atoms with Crippen LogP contribution in [0.4, 0.5) is 0 Å². The first-order valence-corrected chi connectivity index (χ1v) is 6.17. The van der Waals surface area contributed by atoms with E-state index in [1.807, 2.05) is 20.8 Å². The van der Waals surface area contributed by atoms with Crippen LogP contribution in [0.3, 0.4) is 0 Å². The van der Waals surface area contributed by atoms with Crippen LogP contribution in [0, 0.1) is 5.41 Å². The SMILES string of the molecule is C=C(C(=NC)SCC(O)C(C)(C)C)/C(N)=N/O. The van der Waals surface area contributed by atoms with Crippen molar-refractivity contribution in [1.82, 2.24) is 0 Å². The van der Waals surface area contributed by atoms with Gasteiger partial charge in [0.25, 0.3) is 0 Å². The minimum Gasteiger partial charge on any atom is -0.409 e. The molecule has 0 radical (unpaired) electrons. The van der Waals surface area contributed by atoms with Crippen LogP contribution >= 0.6 is 11.8 Å². The molecule has 5 nitrogen and oxygen atoms in total. The lowest BCUT2D eigenvalue weighted by molar-refractivity contribution is 0.0844. The number of rotatable bonds is 4. The van der Waals surface area contributed by atoms with Crippen molar-refractivity contribution in [3.05, 3.63) is 12.2 Å². The van der Waals surface area contributed by atoms with E-state index in [4.69, 9.17) is 10.9 Å². The Labute approximate surface area is 106 Å². The molecule has 0 fully saturated rings. The van der Waals surface area contributed by atoms with E-state index in [-0.39, 0.29) is 11.3 Å². The first-order valence-electron chi connectivity index (χ1n) is 5.18. The molecule has 0 aromatic rings. The van der Waals surface area contributed by atoms with Gasteiger partial charge < -0.3 is 16.0 Å². The molecule has 0 bridgehead atoms. The van der Waals surface area contributed by atoms with E-state index in [2.05, 4.69) is 16.7 Å². The predicted molar refractivity (Wildman–Crippen MR) is 73.8 cm³/mol. The van der Waals surface area contributed by atoms with E-state index in [0.29, 0.717) is 16.4 Å². The smallest absolute Gasteiger partial charge is 0.172 e. The number of amidine groups is 1. The third-order valence-electron chi connectivity index (χ3n) is 2.26. The molecule has 0 aliphatic heterocycles. The fraction of sp³-hybridized carbons (Fsp3) is 0.636. The molecule has 0 aromatic heterocycles. The molecular formula is C11H21N3O2S. The number of aliphatic hydroxyl groups excluding tert-OH is 1. The van der Waals surface area contributed by atoms with Crippen LogP contribution < -0.4 is 5.73 Å². The molecule has 0 heterocycles. The second-order valence-corrected chi connectivity index (χ2v) is 5.69. The van der Waals surface area contributed by atoms with E-state index in [0.717, 1.165) is 0 Å². The van der Waals surface area contributed by atoms with Gasteiger partial charge in [-0.2, -0.15) is 0 Å². The molecule has 0 aliphatic carbocycles. The molecule has 0 aromatic carbocycles. The number of nitrogens with two attached hydrogens (primary N) is 1. The van der Waals surface area contributed by atoms with E-state index < -0.39 is 6.10 Å². The van der Waals surface area contributed by atoms with Crippen molar-refractivity contribution in [1.29, 1.82) is 0 Å². The van der Waals surface area contributed by atoms with Gasteiger partial charge in [-0.3, -0.25) is 4.99 Å². The normalized spacial score (nSPS) is 15.8. The fourth-order valence-electron chi connectivity index (χ4n) is 0.864. The second-order valence-electron chi connectivity index (χ2n) is 4.69. The molecule has 0 spiro atoms. The van der Waals surface area contributed by atoms with Gasteiger partial charge in [0.05, 0.1) is 6.10 Å². The van der Waals surface area contributed by atoms with Crippen LogP contribution in [-0.2, 0) is 0 Å². The van der Waals surface area contributed by atoms with Crippen molar-refractivity contribution < 1.29 is 10.3 Å². The van der Waals surface area contributed by atoms with E-state index in [9.17, 15) is 5.11 Å². The second kappa shape index (κ2) is 6.66. The van der Waals surface area contributed by atoms with Crippen molar-refractivity contribution in [2.24, 2.45) is 21.3 Å². The van der Waals surface area contributed by atoms with Crippen LogP contribution in [0.25, 0.3) is 0 Å². The molecule has 1 atom stereocenters. The summed E-state index contributed by atoms with van der Waals surface area (Å²) in [5.74, 6) is 0.414. The minimum absolute atomic E-state index is 0.0663. The van der Waals surface area contributed by atoms with Gasteiger partial charge in [-0.05, 0) is 5.41 Å². The summed E-state index contributed by atoms with van der Waals surface area (Å²) in [6.45, 7) is 9.56. The Morgan fingerprint density at radius 2 is 2.00 bits per heavy atom. The highest BCUT2D eigenvalue weighted by atomic mass is 32.2. The molecule has 0 saturated heterocycles. The Balaban J connectivity index is 4.52. The average molecular weight is 259 g/mol. The quantitative estimate of drug-likeness (QED) is 0.308. The van der Waals surface area contributed by atoms with Crippen molar-refractivity contribution in [3.8, 4) is 0 Å². The van der Waals surface area contributed by atoms with Gasteiger partial charge >= 0.3 is 0 Å². The first-order chi connectivity index (χ1) is 7.73. The Bertz CT molecular complexity index is 332. The van der Waals surface area contributed by atoms with Crippen molar-refractivity contribution in [2.75, 3.05) is 12.8 Å². The third kappa shape index (κ3) is 5.23. The van der Waals surface area contributed by atoms with Crippen LogP contribution in [0.5, 0.6) is 0 Å². The molecule has 0 amide bonds. The number of nitrogens with zero attached hydrogens (tertiary/aromatic N) is 2. The number of aliphatic imine (C=N–C) groups is 1. The topological polar surface area (TPSA) is 91.2 Å². The highest BCUT2D eigenvalue weighted by molar-refractivity contribution is 8.14. The van der Waals surface area contributed by atoms with Crippen molar-refractivity contribution in [2.45, 2.75) is 26.9 Å². The summed E-state index contributed by atoms with van der Waals surface area (Å²) in [6.07, 6.45) is -0.468. The van der Waals surface area contributed by atoms with Gasteiger partial charge in [-0.25, -0.2) is 0 Å². The molecule has 6 heteroatoms. The summed E-state index contributed by atoms with van der Waals surface area (Å²) >= 11 is 1.34. The first kappa shape index (κ1) is 16.0. The Hall–Kier alpha value is -1.01. The van der Waals surface area contributed by atoms with Gasteiger partial charge in [0.15, 0.2) is 5.84 Å². The van der Waals surface area contributed by atoms with Gasteiger partial charge in [0.2, 0.25) is 0 Å². The molecule has 0 rings (SSSR count). The maximum Gasteiger partial charge on any atom is 0.172 e. The Morgan fingerprint density at radius 1 is 1.47 bits per heavy atom. The third-order valence-corrected chi connectivity index (χ3v) is 3.44. The maximum absolute atomic E-state index is 9.89. The van der Waals surface area contributed by atoms with E-state index in [1.54, 1.807) is 7.05 Å². The average Bonchev–Trinajstić information content (AvgIpc) is 2.26. The van der Waals surface area contributed by atoms with Crippen molar-refractivity contribution >= 4 is 22.6 Å². The van der Waals surface area contributed by atoms with Gasteiger partial charge in [0.1, 0.15) is 5.04 Å². The Kier molecular flexibility index (Phi) is 6.26. The minimum atomic E-state index is -0.468. The monoisotopic (exact) mass is 259 g/mol. The molecule has 0 saturated carbocycles. The number of hydrogen-bond donors (Lipinski definition) is 3. The summed E-state index contributed by atoms with van der Waals surface area (Å²) < 4.78 is 0. The number of aliphatic hydroxyl groups is 1. The van der Waals surface area contributed by atoms with Gasteiger partial charge in [-0.1, -0.05) is 32.5 Å². The number of hydrogen-bond acceptors (Lipinski definition) is 5. The van der Waals surface area contributed by atoms with Gasteiger partial charge in [0, 0.05) is 18.4 Å². The summed E-state index contributed by atoms with van der Waals surface area (Å²) in [4.78, 5) is 4.01. The van der Waals surface area contributed by atoms with E-state index >= 15 is 0 Å². The summed E-state index contributed by atoms with van der Waals surface area (Å²) in [7, 11) is 1.60. The molecular weight excluding hydrogens is 238 g/mol. The standard InChI is InChI=1S/C11H21N3O2S/c1-7(9(12)14-16)10(13-5)17-6-8(15)11(2,3)4/h8,15-16H,1,6H2,2-5H3,(H2,12,14). The van der Waals surface area contributed by atoms with E-state index in [1.165, 1.54) is 11.8 Å².